The maximum Gasteiger partial charge on any atom is 0.303 e. The molecule has 1 fully saturated rings. The van der Waals surface area contributed by atoms with Gasteiger partial charge < -0.3 is 10.4 Å². The molecule has 0 spiro atoms. The fourth-order valence-corrected chi connectivity index (χ4v) is 3.39. The average molecular weight is 356 g/mol. The molecule has 1 aliphatic rings. The third-order valence-electron chi connectivity index (χ3n) is 4.22. The van der Waals surface area contributed by atoms with Crippen LogP contribution in [0.4, 0.5) is 5.69 Å². The third-order valence-corrected chi connectivity index (χ3v) is 5.05. The van der Waals surface area contributed by atoms with E-state index in [-0.39, 0.29) is 18.7 Å². The lowest BCUT2D eigenvalue weighted by atomic mass is 9.83. The number of aromatic nitrogens is 1. The number of amides is 1. The number of benzene rings is 1. The Kier molecular flexibility index (Phi) is 5.60. The van der Waals surface area contributed by atoms with Gasteiger partial charge in [-0.1, -0.05) is 24.6 Å². The molecule has 25 heavy (non-hydrogen) atoms. The van der Waals surface area contributed by atoms with Crippen LogP contribution in [0.3, 0.4) is 0 Å². The molecule has 0 unspecified atom stereocenters. The molecule has 6 heteroatoms. The SMILES string of the molecule is O=C(O)CCC(=O)Nc1cccc(/C=C/c2nc(C3CCC3)cs2)c1. The number of rotatable bonds is 7. The molecular weight excluding hydrogens is 336 g/mol. The molecule has 0 bridgehead atoms. The highest BCUT2D eigenvalue weighted by Crippen LogP contribution is 2.36. The normalized spacial score (nSPS) is 14.4. The number of nitrogens with zero attached hydrogens (tertiary/aromatic N) is 1. The first-order chi connectivity index (χ1) is 12.1. The molecule has 0 radical (unpaired) electrons. The Balaban J connectivity index is 1.60. The summed E-state index contributed by atoms with van der Waals surface area (Å²) in [5.74, 6) is -0.632. The van der Waals surface area contributed by atoms with Crippen molar-refractivity contribution >= 4 is 41.1 Å². The van der Waals surface area contributed by atoms with Crippen molar-refractivity contribution in [1.82, 2.24) is 4.98 Å². The Hall–Kier alpha value is -2.47. The van der Waals surface area contributed by atoms with Crippen molar-refractivity contribution in [2.75, 3.05) is 5.32 Å². The zero-order chi connectivity index (χ0) is 17.6. The van der Waals surface area contributed by atoms with Gasteiger partial charge in [0.05, 0.1) is 12.1 Å². The minimum Gasteiger partial charge on any atom is -0.481 e. The topological polar surface area (TPSA) is 79.3 Å². The molecule has 1 aromatic carbocycles. The third kappa shape index (κ3) is 5.00. The van der Waals surface area contributed by atoms with E-state index in [2.05, 4.69) is 15.7 Å². The maximum absolute atomic E-state index is 11.7. The van der Waals surface area contributed by atoms with Gasteiger partial charge in [-0.2, -0.15) is 0 Å². The molecule has 0 atom stereocenters. The van der Waals surface area contributed by atoms with Gasteiger partial charge in [0.1, 0.15) is 5.01 Å². The van der Waals surface area contributed by atoms with E-state index in [0.29, 0.717) is 11.6 Å². The van der Waals surface area contributed by atoms with E-state index in [1.807, 2.05) is 30.4 Å². The monoisotopic (exact) mass is 356 g/mol. The zero-order valence-electron chi connectivity index (χ0n) is 13.8. The van der Waals surface area contributed by atoms with Gasteiger partial charge in [-0.15, -0.1) is 11.3 Å². The number of carboxylic acids is 1. The molecule has 0 aliphatic heterocycles. The fourth-order valence-electron chi connectivity index (χ4n) is 2.60. The van der Waals surface area contributed by atoms with Crippen molar-refractivity contribution in [2.45, 2.75) is 38.0 Å². The maximum atomic E-state index is 11.7. The summed E-state index contributed by atoms with van der Waals surface area (Å²) in [6.45, 7) is 0. The van der Waals surface area contributed by atoms with Crippen molar-refractivity contribution in [3.8, 4) is 0 Å². The summed E-state index contributed by atoms with van der Waals surface area (Å²) < 4.78 is 0. The van der Waals surface area contributed by atoms with E-state index < -0.39 is 5.97 Å². The summed E-state index contributed by atoms with van der Waals surface area (Å²) in [6.07, 6.45) is 7.55. The first kappa shape index (κ1) is 17.4. The van der Waals surface area contributed by atoms with Crippen LogP contribution >= 0.6 is 11.3 Å². The van der Waals surface area contributed by atoms with Crippen molar-refractivity contribution < 1.29 is 14.7 Å². The predicted molar refractivity (Wildman–Crippen MR) is 99.6 cm³/mol. The molecule has 0 saturated heterocycles. The number of carbonyl (C=O) groups excluding carboxylic acids is 1. The Morgan fingerprint density at radius 3 is 2.84 bits per heavy atom. The highest BCUT2D eigenvalue weighted by Gasteiger charge is 2.21. The van der Waals surface area contributed by atoms with Gasteiger partial charge in [0.15, 0.2) is 0 Å². The van der Waals surface area contributed by atoms with Gasteiger partial charge in [-0.05, 0) is 36.6 Å². The van der Waals surface area contributed by atoms with Crippen LogP contribution in [-0.4, -0.2) is 22.0 Å². The van der Waals surface area contributed by atoms with Crippen LogP contribution in [0.15, 0.2) is 29.6 Å². The molecule has 2 N–H and O–H groups in total. The molecular formula is C19H20N2O3S. The quantitative estimate of drug-likeness (QED) is 0.771. The molecule has 3 rings (SSSR count). The van der Waals surface area contributed by atoms with E-state index in [4.69, 9.17) is 5.11 Å². The molecule has 130 valence electrons. The van der Waals surface area contributed by atoms with Crippen LogP contribution in [-0.2, 0) is 9.59 Å². The largest absolute Gasteiger partial charge is 0.481 e. The molecule has 1 aromatic heterocycles. The fraction of sp³-hybridized carbons (Fsp3) is 0.316. The van der Waals surface area contributed by atoms with Crippen molar-refractivity contribution in [3.05, 3.63) is 45.9 Å². The predicted octanol–water partition coefficient (Wildman–Crippen LogP) is 4.38. The van der Waals surface area contributed by atoms with E-state index in [0.717, 1.165) is 10.6 Å². The number of carbonyl (C=O) groups is 2. The first-order valence-corrected chi connectivity index (χ1v) is 9.23. The van der Waals surface area contributed by atoms with Crippen molar-refractivity contribution in [3.63, 3.8) is 0 Å². The molecule has 1 aliphatic carbocycles. The van der Waals surface area contributed by atoms with Gasteiger partial charge >= 0.3 is 5.97 Å². The number of aliphatic carboxylic acids is 1. The Morgan fingerprint density at radius 1 is 1.28 bits per heavy atom. The van der Waals surface area contributed by atoms with Crippen LogP contribution in [0.2, 0.25) is 0 Å². The molecule has 1 amide bonds. The van der Waals surface area contributed by atoms with Crippen LogP contribution in [0.5, 0.6) is 0 Å². The van der Waals surface area contributed by atoms with Crippen LogP contribution in [0, 0.1) is 0 Å². The molecule has 5 nitrogen and oxygen atoms in total. The van der Waals surface area contributed by atoms with Gasteiger partial charge in [0.2, 0.25) is 5.91 Å². The van der Waals surface area contributed by atoms with E-state index in [1.165, 1.54) is 25.0 Å². The highest BCUT2D eigenvalue weighted by atomic mass is 32.1. The lowest BCUT2D eigenvalue weighted by Crippen LogP contribution is -2.13. The van der Waals surface area contributed by atoms with E-state index in [1.54, 1.807) is 17.4 Å². The minimum atomic E-state index is -0.975. The summed E-state index contributed by atoms with van der Waals surface area (Å²) in [7, 11) is 0. The summed E-state index contributed by atoms with van der Waals surface area (Å²) in [4.78, 5) is 26.9. The van der Waals surface area contributed by atoms with Crippen molar-refractivity contribution in [1.29, 1.82) is 0 Å². The van der Waals surface area contributed by atoms with Crippen molar-refractivity contribution in [2.24, 2.45) is 0 Å². The Morgan fingerprint density at radius 2 is 2.12 bits per heavy atom. The van der Waals surface area contributed by atoms with Gasteiger partial charge in [0, 0.05) is 23.4 Å². The highest BCUT2D eigenvalue weighted by molar-refractivity contribution is 7.10. The number of hydrogen-bond donors (Lipinski definition) is 2. The van der Waals surface area contributed by atoms with Gasteiger partial charge in [-0.25, -0.2) is 4.98 Å². The number of thiazole rings is 1. The van der Waals surface area contributed by atoms with Gasteiger partial charge in [0.25, 0.3) is 0 Å². The Labute approximate surface area is 150 Å². The van der Waals surface area contributed by atoms with Crippen LogP contribution in [0.25, 0.3) is 12.2 Å². The number of carboxylic acid groups (broad SMARTS) is 1. The lowest BCUT2D eigenvalue weighted by molar-refractivity contribution is -0.138. The molecule has 1 heterocycles. The Bertz CT molecular complexity index is 793. The summed E-state index contributed by atoms with van der Waals surface area (Å²) in [5.41, 5.74) is 2.82. The number of hydrogen-bond acceptors (Lipinski definition) is 4. The second-order valence-corrected chi connectivity index (χ2v) is 7.03. The van der Waals surface area contributed by atoms with Crippen LogP contribution in [0.1, 0.15) is 54.3 Å². The number of anilines is 1. The lowest BCUT2D eigenvalue weighted by Gasteiger charge is -2.22. The summed E-state index contributed by atoms with van der Waals surface area (Å²) >= 11 is 1.65. The smallest absolute Gasteiger partial charge is 0.303 e. The molecule has 2 aromatic rings. The van der Waals surface area contributed by atoms with E-state index in [9.17, 15) is 9.59 Å². The van der Waals surface area contributed by atoms with Crippen LogP contribution < -0.4 is 5.32 Å². The second kappa shape index (κ2) is 8.07. The minimum absolute atomic E-state index is 0.0293. The average Bonchev–Trinajstić information content (AvgIpc) is 2.98. The van der Waals surface area contributed by atoms with Gasteiger partial charge in [-0.3, -0.25) is 9.59 Å². The molecule has 1 saturated carbocycles. The standard InChI is InChI=1S/C19H20N2O3S/c22-17(8-10-19(23)24)20-15-6-1-3-13(11-15)7-9-18-21-16(12-25-18)14-4-2-5-14/h1,3,6-7,9,11-12,14H,2,4-5,8,10H2,(H,20,22)(H,23,24)/b9-7+. The van der Waals surface area contributed by atoms with E-state index >= 15 is 0 Å². The first-order valence-electron chi connectivity index (χ1n) is 8.35. The summed E-state index contributed by atoms with van der Waals surface area (Å²) in [5, 5.41) is 14.5. The number of nitrogens with one attached hydrogen (secondary N) is 1. The summed E-state index contributed by atoms with van der Waals surface area (Å²) in [6, 6.07) is 7.45. The second-order valence-electron chi connectivity index (χ2n) is 6.14. The zero-order valence-corrected chi connectivity index (χ0v) is 14.6.